The van der Waals surface area contributed by atoms with E-state index in [1.54, 1.807) is 0 Å². The van der Waals surface area contributed by atoms with Gasteiger partial charge in [-0.15, -0.1) is 10.2 Å². The minimum absolute atomic E-state index is 0.0611. The SMILES string of the molecule is CC1(C)C(=O)N(c2cc(C(F)(F)F)c(C#N)nn2)C(=S)N1c1ccc(C(N)=O)c(F)c1. The third-order valence-electron chi connectivity index (χ3n) is 4.57. The van der Waals surface area contributed by atoms with Crippen LogP contribution < -0.4 is 15.5 Å². The van der Waals surface area contributed by atoms with Crippen LogP contribution in [0.25, 0.3) is 0 Å². The maximum Gasteiger partial charge on any atom is 0.419 e. The number of nitrogens with zero attached hydrogens (tertiary/aromatic N) is 5. The molecular weight excluding hydrogens is 440 g/mol. The number of nitrogens with two attached hydrogens (primary N) is 1. The summed E-state index contributed by atoms with van der Waals surface area (Å²) in [4.78, 5) is 26.2. The van der Waals surface area contributed by atoms with Crippen LogP contribution in [0.15, 0.2) is 24.3 Å². The predicted molar refractivity (Wildman–Crippen MR) is 103 cm³/mol. The van der Waals surface area contributed by atoms with Gasteiger partial charge in [0.05, 0.1) is 11.1 Å². The lowest BCUT2D eigenvalue weighted by Gasteiger charge is -2.29. The molecule has 1 aliphatic heterocycles. The Morgan fingerprint density at radius 3 is 2.42 bits per heavy atom. The van der Waals surface area contributed by atoms with Crippen LogP contribution in [-0.4, -0.2) is 32.7 Å². The molecule has 1 fully saturated rings. The summed E-state index contributed by atoms with van der Waals surface area (Å²) in [6.07, 6.45) is -4.93. The molecule has 2 N–H and O–H groups in total. The van der Waals surface area contributed by atoms with Crippen molar-refractivity contribution in [1.82, 2.24) is 10.2 Å². The smallest absolute Gasteiger partial charge is 0.366 e. The van der Waals surface area contributed by atoms with Crippen LogP contribution in [0.2, 0.25) is 0 Å². The average Bonchev–Trinajstić information content (AvgIpc) is 2.84. The molecule has 1 aliphatic rings. The standard InChI is InChI=1S/C18H12F4N6O2S/c1-17(2)15(30)27(13-6-10(18(20,21)22)12(7-23)25-26-13)16(31)28(17)8-3-4-9(14(24)29)11(19)5-8/h3-6H,1-2H3,(H2,24,29). The zero-order valence-electron chi connectivity index (χ0n) is 15.9. The molecule has 3 rings (SSSR count). The molecule has 0 saturated carbocycles. The number of primary amides is 1. The third-order valence-corrected chi connectivity index (χ3v) is 4.93. The highest BCUT2D eigenvalue weighted by Crippen LogP contribution is 2.38. The summed E-state index contributed by atoms with van der Waals surface area (Å²) in [5, 5.41) is 15.4. The molecule has 0 radical (unpaired) electrons. The van der Waals surface area contributed by atoms with Gasteiger partial charge in [0.15, 0.2) is 16.6 Å². The Labute approximate surface area is 177 Å². The number of carbonyl (C=O) groups excluding carboxylic acids is 2. The second-order valence-corrected chi connectivity index (χ2v) is 7.29. The Hall–Kier alpha value is -3.66. The summed E-state index contributed by atoms with van der Waals surface area (Å²) in [6.45, 7) is 2.84. The number of anilines is 2. The monoisotopic (exact) mass is 452 g/mol. The first-order valence-electron chi connectivity index (χ1n) is 8.43. The van der Waals surface area contributed by atoms with Gasteiger partial charge in [-0.25, -0.2) is 9.29 Å². The molecule has 0 bridgehead atoms. The highest BCUT2D eigenvalue weighted by Gasteiger charge is 2.51. The molecule has 2 aromatic rings. The van der Waals surface area contributed by atoms with E-state index in [0.29, 0.717) is 6.07 Å². The highest BCUT2D eigenvalue weighted by molar-refractivity contribution is 7.81. The van der Waals surface area contributed by atoms with E-state index in [9.17, 15) is 27.2 Å². The molecule has 1 aromatic heterocycles. The number of carbonyl (C=O) groups is 2. The predicted octanol–water partition coefficient (Wildman–Crippen LogP) is 2.52. The topological polar surface area (TPSA) is 116 Å². The molecule has 0 unspecified atom stereocenters. The molecule has 8 nitrogen and oxygen atoms in total. The van der Waals surface area contributed by atoms with Crippen molar-refractivity contribution in [2.75, 3.05) is 9.80 Å². The van der Waals surface area contributed by atoms with Crippen molar-refractivity contribution in [3.63, 3.8) is 0 Å². The Balaban J connectivity index is 2.12. The highest BCUT2D eigenvalue weighted by atomic mass is 32.1. The van der Waals surface area contributed by atoms with Crippen LogP contribution >= 0.6 is 12.2 Å². The summed E-state index contributed by atoms with van der Waals surface area (Å²) in [5.41, 5.74) is 0.954. The van der Waals surface area contributed by atoms with E-state index in [0.717, 1.165) is 17.0 Å². The second-order valence-electron chi connectivity index (χ2n) is 6.92. The van der Waals surface area contributed by atoms with Crippen molar-refractivity contribution in [2.24, 2.45) is 5.73 Å². The summed E-state index contributed by atoms with van der Waals surface area (Å²) >= 11 is 5.28. The summed E-state index contributed by atoms with van der Waals surface area (Å²) in [6, 6.07) is 5.10. The van der Waals surface area contributed by atoms with Gasteiger partial charge in [0.25, 0.3) is 11.8 Å². The van der Waals surface area contributed by atoms with Crippen molar-refractivity contribution in [3.05, 3.63) is 46.9 Å². The van der Waals surface area contributed by atoms with E-state index in [1.165, 1.54) is 30.9 Å². The van der Waals surface area contributed by atoms with Gasteiger partial charge >= 0.3 is 6.18 Å². The van der Waals surface area contributed by atoms with Gasteiger partial charge in [0, 0.05) is 5.69 Å². The molecule has 0 atom stereocenters. The van der Waals surface area contributed by atoms with Crippen molar-refractivity contribution >= 4 is 40.6 Å². The van der Waals surface area contributed by atoms with Crippen LogP contribution in [0.5, 0.6) is 0 Å². The summed E-state index contributed by atoms with van der Waals surface area (Å²) in [5.74, 6) is -3.28. The number of benzene rings is 1. The molecule has 160 valence electrons. The Bertz CT molecular complexity index is 1170. The minimum Gasteiger partial charge on any atom is -0.366 e. The van der Waals surface area contributed by atoms with Crippen molar-refractivity contribution in [1.29, 1.82) is 5.26 Å². The van der Waals surface area contributed by atoms with Crippen molar-refractivity contribution < 1.29 is 27.2 Å². The Morgan fingerprint density at radius 2 is 1.90 bits per heavy atom. The number of hydrogen-bond acceptors (Lipinski definition) is 6. The normalized spacial score (nSPS) is 15.9. The largest absolute Gasteiger partial charge is 0.419 e. The zero-order valence-corrected chi connectivity index (χ0v) is 16.7. The van der Waals surface area contributed by atoms with Crippen LogP contribution in [0.4, 0.5) is 29.1 Å². The minimum atomic E-state index is -4.93. The van der Waals surface area contributed by atoms with E-state index in [4.69, 9.17) is 23.2 Å². The third kappa shape index (κ3) is 3.55. The van der Waals surface area contributed by atoms with E-state index >= 15 is 0 Å². The number of thiocarbonyl (C=S) groups is 1. The first-order chi connectivity index (χ1) is 14.3. The maximum absolute atomic E-state index is 14.3. The fraction of sp³-hybridized carbons (Fsp3) is 0.222. The van der Waals surface area contributed by atoms with Gasteiger partial charge in [-0.2, -0.15) is 18.4 Å². The van der Waals surface area contributed by atoms with Gasteiger partial charge in [0.1, 0.15) is 17.4 Å². The summed E-state index contributed by atoms with van der Waals surface area (Å²) < 4.78 is 54.1. The summed E-state index contributed by atoms with van der Waals surface area (Å²) in [7, 11) is 0. The van der Waals surface area contributed by atoms with Crippen molar-refractivity contribution in [2.45, 2.75) is 25.6 Å². The first kappa shape index (κ1) is 22.0. The number of amides is 2. The van der Waals surface area contributed by atoms with E-state index in [1.807, 2.05) is 0 Å². The Kier molecular flexibility index (Phi) is 5.14. The van der Waals surface area contributed by atoms with Gasteiger partial charge in [0.2, 0.25) is 0 Å². The van der Waals surface area contributed by atoms with Crippen molar-refractivity contribution in [3.8, 4) is 6.07 Å². The number of hydrogen-bond donors (Lipinski definition) is 1. The molecule has 2 amide bonds. The fourth-order valence-corrected chi connectivity index (χ4v) is 3.57. The van der Waals surface area contributed by atoms with Crippen LogP contribution in [-0.2, 0) is 11.0 Å². The molecule has 31 heavy (non-hydrogen) atoms. The second kappa shape index (κ2) is 7.24. The lowest BCUT2D eigenvalue weighted by Crippen LogP contribution is -2.44. The van der Waals surface area contributed by atoms with Crippen LogP contribution in [0.3, 0.4) is 0 Å². The number of halogens is 4. The molecular formula is C18H12F4N6O2S. The number of aromatic nitrogens is 2. The zero-order chi connectivity index (χ0) is 23.3. The van der Waals surface area contributed by atoms with E-state index in [-0.39, 0.29) is 16.4 Å². The van der Waals surface area contributed by atoms with Gasteiger partial charge in [-0.05, 0) is 50.3 Å². The molecule has 1 saturated heterocycles. The molecule has 0 aliphatic carbocycles. The average molecular weight is 452 g/mol. The molecule has 1 aromatic carbocycles. The van der Waals surface area contributed by atoms with Gasteiger partial charge < -0.3 is 10.6 Å². The molecule has 13 heteroatoms. The lowest BCUT2D eigenvalue weighted by molar-refractivity contribution is -0.138. The molecule has 2 heterocycles. The van der Waals surface area contributed by atoms with Crippen LogP contribution in [0, 0.1) is 17.1 Å². The number of alkyl halides is 3. The first-order valence-corrected chi connectivity index (χ1v) is 8.84. The fourth-order valence-electron chi connectivity index (χ4n) is 3.06. The van der Waals surface area contributed by atoms with E-state index < -0.39 is 46.4 Å². The van der Waals surface area contributed by atoms with Crippen LogP contribution in [0.1, 0.15) is 35.5 Å². The maximum atomic E-state index is 14.3. The van der Waals surface area contributed by atoms with Gasteiger partial charge in [-0.3, -0.25) is 9.59 Å². The Morgan fingerprint density at radius 1 is 1.26 bits per heavy atom. The van der Waals surface area contributed by atoms with E-state index in [2.05, 4.69) is 10.2 Å². The lowest BCUT2D eigenvalue weighted by atomic mass is 10.0. The quantitative estimate of drug-likeness (QED) is 0.562. The van der Waals surface area contributed by atoms with Gasteiger partial charge in [-0.1, -0.05) is 0 Å². The number of rotatable bonds is 3. The molecule has 0 spiro atoms. The number of nitriles is 1.